The van der Waals surface area contributed by atoms with Gasteiger partial charge in [0.15, 0.2) is 0 Å². The molecule has 2 aromatic rings. The van der Waals surface area contributed by atoms with Crippen LogP contribution in [-0.2, 0) is 6.42 Å². The van der Waals surface area contributed by atoms with Crippen molar-refractivity contribution in [1.29, 1.82) is 0 Å². The van der Waals surface area contributed by atoms with Crippen LogP contribution in [0.2, 0.25) is 0 Å². The van der Waals surface area contributed by atoms with Crippen molar-refractivity contribution in [2.75, 3.05) is 32.7 Å². The van der Waals surface area contributed by atoms with Crippen LogP contribution in [0.15, 0.2) is 60.7 Å². The largest absolute Gasteiger partial charge is 0.315 e. The van der Waals surface area contributed by atoms with Gasteiger partial charge in [0, 0.05) is 25.6 Å². The maximum Gasteiger partial charge on any atom is 0.0107 e. The predicted molar refractivity (Wildman–Crippen MR) is 117 cm³/mol. The van der Waals surface area contributed by atoms with Crippen molar-refractivity contribution >= 4 is 24.8 Å². The van der Waals surface area contributed by atoms with Gasteiger partial charge in [-0.25, -0.2) is 0 Å². The van der Waals surface area contributed by atoms with E-state index in [0.29, 0.717) is 5.92 Å². The van der Waals surface area contributed by atoms with E-state index in [0.717, 1.165) is 19.5 Å². The Labute approximate surface area is 171 Å². The zero-order chi connectivity index (χ0) is 16.5. The molecule has 2 aromatic carbocycles. The molecule has 1 fully saturated rings. The van der Waals surface area contributed by atoms with Gasteiger partial charge in [-0.2, -0.15) is 0 Å². The average Bonchev–Trinajstić information content (AvgIpc) is 2.66. The van der Waals surface area contributed by atoms with Gasteiger partial charge in [-0.1, -0.05) is 67.1 Å². The number of hydrogen-bond donors (Lipinski definition) is 1. The third-order valence-corrected chi connectivity index (χ3v) is 5.04. The number of halogens is 2. The molecule has 144 valence electrons. The Kier molecular flexibility index (Phi) is 11.6. The molecule has 1 heterocycles. The monoisotopic (exact) mass is 394 g/mol. The summed E-state index contributed by atoms with van der Waals surface area (Å²) in [5.74, 6) is 0.537. The summed E-state index contributed by atoms with van der Waals surface area (Å²) < 4.78 is 0. The number of benzene rings is 2. The molecule has 1 atom stereocenters. The van der Waals surface area contributed by atoms with Crippen LogP contribution < -0.4 is 5.32 Å². The maximum atomic E-state index is 3.71. The van der Waals surface area contributed by atoms with Crippen molar-refractivity contribution in [2.45, 2.75) is 31.6 Å². The third-order valence-electron chi connectivity index (χ3n) is 5.04. The Morgan fingerprint density at radius 3 is 2.08 bits per heavy atom. The highest BCUT2D eigenvalue weighted by atomic mass is 35.5. The standard InChI is InChI=1S/C22H30N2.2ClH/c1-4-10-20(11-5-1)18-22(21-12-6-2-7-13-21)19-23-14-17-24-15-8-3-9-16-24;;/h1-2,4-7,10-13,22-23H,3,8-9,14-19H2;2*1H. The SMILES string of the molecule is Cl.Cl.c1ccc(CC(CNCCN2CCCCC2)c2ccccc2)cc1. The second kappa shape index (κ2) is 13.2. The minimum absolute atomic E-state index is 0. The molecule has 0 bridgehead atoms. The van der Waals surface area contributed by atoms with Crippen molar-refractivity contribution < 1.29 is 0 Å². The molecular formula is C22H32Cl2N2. The van der Waals surface area contributed by atoms with E-state index in [4.69, 9.17) is 0 Å². The Hall–Kier alpha value is -1.06. The number of nitrogens with one attached hydrogen (secondary N) is 1. The molecule has 0 aromatic heterocycles. The summed E-state index contributed by atoms with van der Waals surface area (Å²) in [6, 6.07) is 21.8. The lowest BCUT2D eigenvalue weighted by molar-refractivity contribution is 0.228. The Balaban J connectivity index is 0.00000169. The van der Waals surface area contributed by atoms with Crippen molar-refractivity contribution in [3.8, 4) is 0 Å². The molecule has 3 rings (SSSR count). The van der Waals surface area contributed by atoms with E-state index in [1.807, 2.05) is 0 Å². The van der Waals surface area contributed by atoms with Crippen molar-refractivity contribution in [3.63, 3.8) is 0 Å². The molecular weight excluding hydrogens is 363 g/mol. The molecule has 1 aliphatic rings. The number of piperidine rings is 1. The van der Waals surface area contributed by atoms with Gasteiger partial charge in [0.05, 0.1) is 0 Å². The van der Waals surface area contributed by atoms with Gasteiger partial charge in [-0.15, -0.1) is 24.8 Å². The van der Waals surface area contributed by atoms with E-state index in [-0.39, 0.29) is 24.8 Å². The van der Waals surface area contributed by atoms with Gasteiger partial charge in [0.1, 0.15) is 0 Å². The van der Waals surface area contributed by atoms with E-state index in [1.165, 1.54) is 50.0 Å². The topological polar surface area (TPSA) is 15.3 Å². The summed E-state index contributed by atoms with van der Waals surface area (Å²) in [6.45, 7) is 5.90. The van der Waals surface area contributed by atoms with Crippen molar-refractivity contribution in [3.05, 3.63) is 71.8 Å². The van der Waals surface area contributed by atoms with E-state index in [2.05, 4.69) is 70.9 Å². The summed E-state index contributed by atoms with van der Waals surface area (Å²) >= 11 is 0. The minimum Gasteiger partial charge on any atom is -0.315 e. The molecule has 4 heteroatoms. The fourth-order valence-electron chi connectivity index (χ4n) is 3.63. The van der Waals surface area contributed by atoms with Crippen LogP contribution in [0, 0.1) is 0 Å². The summed E-state index contributed by atoms with van der Waals surface area (Å²) in [6.07, 6.45) is 5.26. The number of rotatable bonds is 8. The van der Waals surface area contributed by atoms with Crippen molar-refractivity contribution in [1.82, 2.24) is 10.2 Å². The zero-order valence-corrected chi connectivity index (χ0v) is 17.1. The Morgan fingerprint density at radius 2 is 1.42 bits per heavy atom. The normalized spacial score (nSPS) is 15.5. The van der Waals surface area contributed by atoms with Gasteiger partial charge in [-0.05, 0) is 43.5 Å². The lowest BCUT2D eigenvalue weighted by Gasteiger charge is -2.27. The van der Waals surface area contributed by atoms with E-state index >= 15 is 0 Å². The predicted octanol–water partition coefficient (Wildman–Crippen LogP) is 4.93. The molecule has 0 spiro atoms. The van der Waals surface area contributed by atoms with Crippen LogP contribution >= 0.6 is 24.8 Å². The Bertz CT molecular complexity index is 571. The first-order chi connectivity index (χ1) is 11.9. The molecule has 0 radical (unpaired) electrons. The maximum absolute atomic E-state index is 3.71. The first kappa shape index (κ1) is 23.0. The average molecular weight is 395 g/mol. The lowest BCUT2D eigenvalue weighted by atomic mass is 9.92. The molecule has 1 saturated heterocycles. The molecule has 2 nitrogen and oxygen atoms in total. The molecule has 0 amide bonds. The number of likely N-dealkylation sites (tertiary alicyclic amines) is 1. The minimum atomic E-state index is 0. The van der Waals surface area contributed by atoms with Crippen molar-refractivity contribution in [2.24, 2.45) is 0 Å². The number of hydrogen-bond acceptors (Lipinski definition) is 2. The van der Waals surface area contributed by atoms with Gasteiger partial charge in [0.25, 0.3) is 0 Å². The summed E-state index contributed by atoms with van der Waals surface area (Å²) in [5.41, 5.74) is 2.86. The lowest BCUT2D eigenvalue weighted by Crippen LogP contribution is -2.37. The van der Waals surface area contributed by atoms with Gasteiger partial charge >= 0.3 is 0 Å². The van der Waals surface area contributed by atoms with Crippen LogP contribution in [-0.4, -0.2) is 37.6 Å². The highest BCUT2D eigenvalue weighted by Gasteiger charge is 2.13. The van der Waals surface area contributed by atoms with Crippen LogP contribution in [0.4, 0.5) is 0 Å². The van der Waals surface area contributed by atoms with E-state index in [1.54, 1.807) is 0 Å². The van der Waals surface area contributed by atoms with Crippen LogP contribution in [0.3, 0.4) is 0 Å². The second-order valence-electron chi connectivity index (χ2n) is 6.90. The van der Waals surface area contributed by atoms with Crippen LogP contribution in [0.5, 0.6) is 0 Å². The van der Waals surface area contributed by atoms with Crippen LogP contribution in [0.25, 0.3) is 0 Å². The molecule has 1 N–H and O–H groups in total. The summed E-state index contributed by atoms with van der Waals surface area (Å²) in [5, 5.41) is 3.71. The first-order valence-corrected chi connectivity index (χ1v) is 9.44. The summed E-state index contributed by atoms with van der Waals surface area (Å²) in [7, 11) is 0. The fourth-order valence-corrected chi connectivity index (χ4v) is 3.63. The molecule has 0 saturated carbocycles. The van der Waals surface area contributed by atoms with Gasteiger partial charge < -0.3 is 10.2 Å². The van der Waals surface area contributed by atoms with E-state index in [9.17, 15) is 0 Å². The van der Waals surface area contributed by atoms with Gasteiger partial charge in [-0.3, -0.25) is 0 Å². The first-order valence-electron chi connectivity index (χ1n) is 9.44. The number of nitrogens with zero attached hydrogens (tertiary/aromatic N) is 1. The highest BCUT2D eigenvalue weighted by molar-refractivity contribution is 5.85. The summed E-state index contributed by atoms with van der Waals surface area (Å²) in [4.78, 5) is 2.60. The second-order valence-corrected chi connectivity index (χ2v) is 6.90. The molecule has 26 heavy (non-hydrogen) atoms. The fraction of sp³-hybridized carbons (Fsp3) is 0.455. The quantitative estimate of drug-likeness (QED) is 0.638. The zero-order valence-electron chi connectivity index (χ0n) is 15.5. The highest BCUT2D eigenvalue weighted by Crippen LogP contribution is 2.20. The van der Waals surface area contributed by atoms with Gasteiger partial charge in [0.2, 0.25) is 0 Å². The van der Waals surface area contributed by atoms with E-state index < -0.39 is 0 Å². The molecule has 0 aliphatic carbocycles. The Morgan fingerprint density at radius 1 is 0.808 bits per heavy atom. The molecule has 1 aliphatic heterocycles. The third kappa shape index (κ3) is 7.67. The molecule has 1 unspecified atom stereocenters. The van der Waals surface area contributed by atoms with Crippen LogP contribution in [0.1, 0.15) is 36.3 Å². The smallest absolute Gasteiger partial charge is 0.0107 e.